The second-order valence-corrected chi connectivity index (χ2v) is 5.12. The number of esters is 2. The third-order valence-corrected chi connectivity index (χ3v) is 3.55. The number of benzene rings is 1. The Morgan fingerprint density at radius 1 is 1.17 bits per heavy atom. The van der Waals surface area contributed by atoms with Crippen LogP contribution in [0.2, 0.25) is 0 Å². The number of hydrogen-bond donors (Lipinski definition) is 1. The van der Waals surface area contributed by atoms with Crippen LogP contribution >= 0.6 is 0 Å². The van der Waals surface area contributed by atoms with Crippen molar-refractivity contribution in [1.29, 1.82) is 0 Å². The van der Waals surface area contributed by atoms with E-state index in [1.807, 2.05) is 0 Å². The molecule has 0 aliphatic rings. The van der Waals surface area contributed by atoms with Gasteiger partial charge in [0.1, 0.15) is 12.3 Å². The molecule has 0 saturated carbocycles. The molecule has 0 fully saturated rings. The molecule has 2 rings (SSSR count). The van der Waals surface area contributed by atoms with Crippen LogP contribution in [0.1, 0.15) is 37.7 Å². The molecule has 126 valence electrons. The lowest BCUT2D eigenvalue weighted by Gasteiger charge is -2.05. The second kappa shape index (κ2) is 6.95. The lowest BCUT2D eigenvalue weighted by Crippen LogP contribution is -2.08. The smallest absolute Gasteiger partial charge is 0.355 e. The number of nitrogens with one attached hydrogen (secondary N) is 1. The molecule has 0 aliphatic carbocycles. The maximum atomic E-state index is 12.2. The van der Waals surface area contributed by atoms with Crippen LogP contribution in [-0.2, 0) is 16.1 Å². The van der Waals surface area contributed by atoms with Gasteiger partial charge in [-0.2, -0.15) is 0 Å². The minimum absolute atomic E-state index is 0.0383. The Labute approximate surface area is 137 Å². The van der Waals surface area contributed by atoms with Gasteiger partial charge in [0.15, 0.2) is 0 Å². The molecule has 0 radical (unpaired) electrons. The highest BCUT2D eigenvalue weighted by molar-refractivity contribution is 5.98. The molecule has 1 aromatic carbocycles. The van der Waals surface area contributed by atoms with E-state index in [2.05, 4.69) is 9.72 Å². The Balaban J connectivity index is 2.10. The van der Waals surface area contributed by atoms with Crippen molar-refractivity contribution < 1.29 is 24.0 Å². The average Bonchev–Trinajstić information content (AvgIpc) is 2.87. The number of H-pyrrole nitrogens is 1. The molecule has 0 unspecified atom stereocenters. The number of carbonyl (C=O) groups is 2. The van der Waals surface area contributed by atoms with Crippen LogP contribution < -0.4 is 0 Å². The van der Waals surface area contributed by atoms with Gasteiger partial charge in [-0.3, -0.25) is 10.1 Å². The topological polar surface area (TPSA) is 112 Å². The zero-order valence-corrected chi connectivity index (χ0v) is 13.4. The summed E-state index contributed by atoms with van der Waals surface area (Å²) in [4.78, 5) is 36.8. The van der Waals surface area contributed by atoms with E-state index >= 15 is 0 Å². The van der Waals surface area contributed by atoms with Gasteiger partial charge in [-0.1, -0.05) is 0 Å². The first-order chi connectivity index (χ1) is 11.3. The van der Waals surface area contributed by atoms with E-state index < -0.39 is 16.9 Å². The van der Waals surface area contributed by atoms with Crippen LogP contribution in [0.3, 0.4) is 0 Å². The SMILES string of the molecule is COC(=O)c1c(C)[nH]c(C(=O)OCc2ccc([N+](=O)[O-])cc2)c1C. The summed E-state index contributed by atoms with van der Waals surface area (Å²) in [6, 6.07) is 5.70. The fourth-order valence-corrected chi connectivity index (χ4v) is 2.30. The maximum absolute atomic E-state index is 12.2. The second-order valence-electron chi connectivity index (χ2n) is 5.12. The van der Waals surface area contributed by atoms with Gasteiger partial charge in [-0.05, 0) is 37.1 Å². The number of ether oxygens (including phenoxy) is 2. The van der Waals surface area contributed by atoms with E-state index in [0.29, 0.717) is 22.4 Å². The molecule has 1 aromatic heterocycles. The van der Waals surface area contributed by atoms with Crippen LogP contribution in [-0.4, -0.2) is 29.0 Å². The Morgan fingerprint density at radius 3 is 2.33 bits per heavy atom. The van der Waals surface area contributed by atoms with Crippen molar-refractivity contribution in [3.8, 4) is 0 Å². The van der Waals surface area contributed by atoms with Gasteiger partial charge in [0, 0.05) is 17.8 Å². The minimum Gasteiger partial charge on any atom is -0.465 e. The van der Waals surface area contributed by atoms with Crippen molar-refractivity contribution in [3.05, 3.63) is 62.5 Å². The molecule has 0 saturated heterocycles. The third-order valence-electron chi connectivity index (χ3n) is 3.55. The Hall–Kier alpha value is -3.16. The number of nitro benzene ring substituents is 1. The lowest BCUT2D eigenvalue weighted by molar-refractivity contribution is -0.384. The van der Waals surface area contributed by atoms with Gasteiger partial charge in [0.25, 0.3) is 5.69 Å². The van der Waals surface area contributed by atoms with E-state index in [0.717, 1.165) is 0 Å². The van der Waals surface area contributed by atoms with E-state index in [4.69, 9.17) is 4.74 Å². The number of aromatic nitrogens is 1. The molecule has 0 bridgehead atoms. The van der Waals surface area contributed by atoms with Crippen molar-refractivity contribution in [1.82, 2.24) is 4.98 Å². The monoisotopic (exact) mass is 332 g/mol. The molecular formula is C16H16N2O6. The Morgan fingerprint density at radius 2 is 1.79 bits per heavy atom. The first-order valence-corrected chi connectivity index (χ1v) is 7.03. The number of hydrogen-bond acceptors (Lipinski definition) is 6. The van der Waals surface area contributed by atoms with E-state index in [1.165, 1.54) is 31.4 Å². The molecule has 0 aliphatic heterocycles. The number of methoxy groups -OCH3 is 1. The zero-order valence-electron chi connectivity index (χ0n) is 13.4. The van der Waals surface area contributed by atoms with Gasteiger partial charge in [0.2, 0.25) is 0 Å². The Kier molecular flexibility index (Phi) is 4.98. The summed E-state index contributed by atoms with van der Waals surface area (Å²) < 4.78 is 9.87. The van der Waals surface area contributed by atoms with Crippen molar-refractivity contribution in [3.63, 3.8) is 0 Å². The number of aryl methyl sites for hydroxylation is 1. The first kappa shape index (κ1) is 17.2. The van der Waals surface area contributed by atoms with Crippen molar-refractivity contribution in [2.75, 3.05) is 7.11 Å². The number of rotatable bonds is 5. The lowest BCUT2D eigenvalue weighted by atomic mass is 10.1. The molecule has 8 heteroatoms. The van der Waals surface area contributed by atoms with E-state index in [1.54, 1.807) is 13.8 Å². The average molecular weight is 332 g/mol. The van der Waals surface area contributed by atoms with Crippen molar-refractivity contribution in [2.24, 2.45) is 0 Å². The Bertz CT molecular complexity index is 792. The fourth-order valence-electron chi connectivity index (χ4n) is 2.30. The minimum atomic E-state index is -0.621. The number of nitro groups is 1. The summed E-state index contributed by atoms with van der Waals surface area (Å²) in [5.41, 5.74) is 2.02. The summed E-state index contributed by atoms with van der Waals surface area (Å²) in [5, 5.41) is 10.6. The van der Waals surface area contributed by atoms with E-state index in [-0.39, 0.29) is 18.0 Å². The van der Waals surface area contributed by atoms with Crippen LogP contribution in [0.4, 0.5) is 5.69 Å². The molecule has 0 spiro atoms. The molecule has 8 nitrogen and oxygen atoms in total. The molecular weight excluding hydrogens is 316 g/mol. The quantitative estimate of drug-likeness (QED) is 0.512. The van der Waals surface area contributed by atoms with Crippen LogP contribution in [0, 0.1) is 24.0 Å². The fraction of sp³-hybridized carbons (Fsp3) is 0.250. The summed E-state index contributed by atoms with van der Waals surface area (Å²) in [5.74, 6) is -1.15. The van der Waals surface area contributed by atoms with Gasteiger partial charge in [0.05, 0.1) is 17.6 Å². The predicted octanol–water partition coefficient (Wildman–Crippen LogP) is 2.68. The highest BCUT2D eigenvalue weighted by atomic mass is 16.6. The summed E-state index contributed by atoms with van der Waals surface area (Å²) >= 11 is 0. The standard InChI is InChI=1S/C16H16N2O6/c1-9-13(15(19)23-3)10(2)17-14(9)16(20)24-8-11-4-6-12(7-5-11)18(21)22/h4-7,17H,8H2,1-3H3. The van der Waals surface area contributed by atoms with Gasteiger partial charge >= 0.3 is 11.9 Å². The molecule has 0 atom stereocenters. The van der Waals surface area contributed by atoms with Crippen LogP contribution in [0.25, 0.3) is 0 Å². The zero-order chi connectivity index (χ0) is 17.9. The molecule has 2 aromatic rings. The highest BCUT2D eigenvalue weighted by Crippen LogP contribution is 2.20. The predicted molar refractivity (Wildman–Crippen MR) is 83.8 cm³/mol. The molecule has 1 heterocycles. The summed E-state index contributed by atoms with van der Waals surface area (Å²) in [6.07, 6.45) is 0. The largest absolute Gasteiger partial charge is 0.465 e. The number of aromatic amines is 1. The van der Waals surface area contributed by atoms with Gasteiger partial charge in [-0.25, -0.2) is 9.59 Å². The molecule has 1 N–H and O–H groups in total. The van der Waals surface area contributed by atoms with Crippen molar-refractivity contribution >= 4 is 17.6 Å². The number of non-ortho nitro benzene ring substituents is 1. The highest BCUT2D eigenvalue weighted by Gasteiger charge is 2.23. The van der Waals surface area contributed by atoms with E-state index in [9.17, 15) is 19.7 Å². The number of carbonyl (C=O) groups excluding carboxylic acids is 2. The van der Waals surface area contributed by atoms with Crippen LogP contribution in [0.5, 0.6) is 0 Å². The third kappa shape index (κ3) is 3.43. The summed E-state index contributed by atoms with van der Waals surface area (Å²) in [6.45, 7) is 3.24. The molecule has 0 amide bonds. The maximum Gasteiger partial charge on any atom is 0.355 e. The first-order valence-electron chi connectivity index (χ1n) is 7.03. The normalized spacial score (nSPS) is 10.3. The van der Waals surface area contributed by atoms with Crippen LogP contribution in [0.15, 0.2) is 24.3 Å². The van der Waals surface area contributed by atoms with Gasteiger partial charge < -0.3 is 14.5 Å². The van der Waals surface area contributed by atoms with Gasteiger partial charge in [-0.15, -0.1) is 0 Å². The molecule has 24 heavy (non-hydrogen) atoms. The summed E-state index contributed by atoms with van der Waals surface area (Å²) in [7, 11) is 1.26. The number of nitrogens with zero attached hydrogens (tertiary/aromatic N) is 1. The van der Waals surface area contributed by atoms with Crippen molar-refractivity contribution in [2.45, 2.75) is 20.5 Å².